The molecule has 1 aliphatic heterocycles. The predicted molar refractivity (Wildman–Crippen MR) is 90.9 cm³/mol. The Morgan fingerprint density at radius 3 is 2.44 bits per heavy atom. The van der Waals surface area contributed by atoms with E-state index in [1.165, 1.54) is 18.2 Å². The molecule has 1 aliphatic rings. The molecule has 25 heavy (non-hydrogen) atoms. The zero-order valence-corrected chi connectivity index (χ0v) is 14.2. The number of primary amides is 1. The number of benzene rings is 2. The molecule has 3 rings (SSSR count). The number of nitrogens with one attached hydrogen (secondary N) is 1. The minimum Gasteiger partial charge on any atom is -0.486 e. The van der Waals surface area contributed by atoms with Gasteiger partial charge in [0.2, 0.25) is 15.9 Å². The van der Waals surface area contributed by atoms with E-state index in [0.717, 1.165) is 5.56 Å². The molecule has 2 aromatic carbocycles. The fourth-order valence-corrected chi connectivity index (χ4v) is 3.72. The van der Waals surface area contributed by atoms with E-state index < -0.39 is 22.0 Å². The first kappa shape index (κ1) is 17.2. The average molecular weight is 362 g/mol. The summed E-state index contributed by atoms with van der Waals surface area (Å²) in [6.45, 7) is 0.764. The number of carbonyl (C=O) groups is 1. The molecule has 8 heteroatoms. The second-order valence-electron chi connectivity index (χ2n) is 5.57. The minimum atomic E-state index is -3.94. The number of fused-ring (bicyclic) bond motifs is 1. The van der Waals surface area contributed by atoms with E-state index in [9.17, 15) is 13.2 Å². The van der Waals surface area contributed by atoms with Gasteiger partial charge in [0.15, 0.2) is 11.5 Å². The maximum absolute atomic E-state index is 12.6. The smallest absolute Gasteiger partial charge is 0.241 e. The topological polar surface area (TPSA) is 108 Å². The lowest BCUT2D eigenvalue weighted by Crippen LogP contribution is -2.45. The van der Waals surface area contributed by atoms with Crippen molar-refractivity contribution < 1.29 is 22.7 Å². The second kappa shape index (κ2) is 7.12. The number of sulfonamides is 1. The lowest BCUT2D eigenvalue weighted by atomic mass is 10.1. The Morgan fingerprint density at radius 2 is 1.76 bits per heavy atom. The summed E-state index contributed by atoms with van der Waals surface area (Å²) < 4.78 is 38.4. The molecular weight excluding hydrogens is 344 g/mol. The van der Waals surface area contributed by atoms with Crippen molar-refractivity contribution in [3.8, 4) is 11.5 Å². The fraction of sp³-hybridized carbons (Fsp3) is 0.235. The van der Waals surface area contributed by atoms with Crippen molar-refractivity contribution in [3.05, 3.63) is 54.1 Å². The van der Waals surface area contributed by atoms with Crippen molar-refractivity contribution in [2.75, 3.05) is 13.2 Å². The molecule has 7 nitrogen and oxygen atoms in total. The van der Waals surface area contributed by atoms with Gasteiger partial charge >= 0.3 is 0 Å². The van der Waals surface area contributed by atoms with Gasteiger partial charge in [-0.05, 0) is 24.1 Å². The molecule has 0 aliphatic carbocycles. The second-order valence-corrected chi connectivity index (χ2v) is 7.29. The van der Waals surface area contributed by atoms with Gasteiger partial charge in [-0.25, -0.2) is 8.42 Å². The Hall–Kier alpha value is -2.58. The van der Waals surface area contributed by atoms with E-state index >= 15 is 0 Å². The maximum Gasteiger partial charge on any atom is 0.241 e. The number of ether oxygens (including phenoxy) is 2. The first-order valence-electron chi connectivity index (χ1n) is 7.71. The van der Waals surface area contributed by atoms with Gasteiger partial charge in [0.25, 0.3) is 0 Å². The van der Waals surface area contributed by atoms with Gasteiger partial charge in [0.1, 0.15) is 19.3 Å². The van der Waals surface area contributed by atoms with Crippen LogP contribution < -0.4 is 19.9 Å². The minimum absolute atomic E-state index is 0.0175. The predicted octanol–water partition coefficient (Wildman–Crippen LogP) is 0.833. The monoisotopic (exact) mass is 362 g/mol. The highest BCUT2D eigenvalue weighted by atomic mass is 32.2. The van der Waals surface area contributed by atoms with E-state index in [2.05, 4.69) is 4.72 Å². The lowest BCUT2D eigenvalue weighted by Gasteiger charge is -2.20. The highest BCUT2D eigenvalue weighted by molar-refractivity contribution is 7.89. The van der Waals surface area contributed by atoms with Gasteiger partial charge < -0.3 is 15.2 Å². The molecule has 0 spiro atoms. The Labute approximate surface area is 145 Å². The lowest BCUT2D eigenvalue weighted by molar-refractivity contribution is -0.119. The Balaban J connectivity index is 1.82. The third kappa shape index (κ3) is 4.09. The standard InChI is InChI=1S/C17H18N2O5S/c18-17(20)14(10-12-4-2-1-3-5-12)19-25(21,22)13-6-7-15-16(11-13)24-9-8-23-15/h1-7,11,14,19H,8-10H2,(H2,18,20). The van der Waals surface area contributed by atoms with Crippen LogP contribution in [0.4, 0.5) is 0 Å². The van der Waals surface area contributed by atoms with Crippen LogP contribution in [0.5, 0.6) is 11.5 Å². The summed E-state index contributed by atoms with van der Waals surface area (Å²) in [6, 6.07) is 12.3. The van der Waals surface area contributed by atoms with Gasteiger partial charge in [-0.15, -0.1) is 0 Å². The number of amides is 1. The highest BCUT2D eigenvalue weighted by Crippen LogP contribution is 2.32. The van der Waals surface area contributed by atoms with E-state index in [1.807, 2.05) is 18.2 Å². The fourth-order valence-electron chi connectivity index (χ4n) is 2.50. The summed E-state index contributed by atoms with van der Waals surface area (Å²) in [4.78, 5) is 11.7. The molecule has 1 unspecified atom stereocenters. The molecule has 1 atom stereocenters. The largest absolute Gasteiger partial charge is 0.486 e. The van der Waals surface area contributed by atoms with Crippen LogP contribution in [0.3, 0.4) is 0 Å². The van der Waals surface area contributed by atoms with Crippen LogP contribution in [0, 0.1) is 0 Å². The zero-order chi connectivity index (χ0) is 17.9. The van der Waals surface area contributed by atoms with Gasteiger partial charge in [0, 0.05) is 6.07 Å². The van der Waals surface area contributed by atoms with Crippen LogP contribution in [-0.4, -0.2) is 33.6 Å². The number of carbonyl (C=O) groups excluding carboxylic acids is 1. The Kier molecular flexibility index (Phi) is 4.91. The summed E-state index contributed by atoms with van der Waals surface area (Å²) in [5.41, 5.74) is 6.17. The molecule has 1 amide bonds. The highest BCUT2D eigenvalue weighted by Gasteiger charge is 2.26. The van der Waals surface area contributed by atoms with Gasteiger partial charge in [0.05, 0.1) is 4.90 Å². The van der Waals surface area contributed by atoms with Crippen LogP contribution in [-0.2, 0) is 21.2 Å². The van der Waals surface area contributed by atoms with Crippen molar-refractivity contribution in [1.29, 1.82) is 0 Å². The molecule has 1 heterocycles. The summed E-state index contributed by atoms with van der Waals surface area (Å²) in [6.07, 6.45) is 0.167. The number of rotatable bonds is 6. The SMILES string of the molecule is NC(=O)C(Cc1ccccc1)NS(=O)(=O)c1ccc2c(c1)OCCO2. The summed E-state index contributed by atoms with van der Waals surface area (Å²) in [7, 11) is -3.94. The first-order valence-corrected chi connectivity index (χ1v) is 9.19. The molecule has 132 valence electrons. The molecule has 0 radical (unpaired) electrons. The van der Waals surface area contributed by atoms with Crippen molar-refractivity contribution >= 4 is 15.9 Å². The van der Waals surface area contributed by atoms with Crippen LogP contribution in [0.2, 0.25) is 0 Å². The average Bonchev–Trinajstić information content (AvgIpc) is 2.61. The van der Waals surface area contributed by atoms with Crippen LogP contribution >= 0.6 is 0 Å². The molecule has 3 N–H and O–H groups in total. The van der Waals surface area contributed by atoms with Gasteiger partial charge in [-0.3, -0.25) is 4.79 Å². The summed E-state index contributed by atoms with van der Waals surface area (Å²) in [5, 5.41) is 0. The first-order chi connectivity index (χ1) is 12.0. The van der Waals surface area contributed by atoms with Crippen molar-refractivity contribution in [2.45, 2.75) is 17.4 Å². The third-order valence-corrected chi connectivity index (χ3v) is 5.22. The Bertz CT molecular complexity index is 868. The molecule has 0 fully saturated rings. The number of nitrogens with two attached hydrogens (primary N) is 1. The zero-order valence-electron chi connectivity index (χ0n) is 13.3. The number of hydrogen-bond acceptors (Lipinski definition) is 5. The van der Waals surface area contributed by atoms with Crippen LogP contribution in [0.15, 0.2) is 53.4 Å². The van der Waals surface area contributed by atoms with Crippen molar-refractivity contribution in [3.63, 3.8) is 0 Å². The molecule has 0 saturated heterocycles. The van der Waals surface area contributed by atoms with Gasteiger partial charge in [-0.1, -0.05) is 30.3 Å². The molecule has 0 bridgehead atoms. The quantitative estimate of drug-likeness (QED) is 0.791. The molecule has 0 aromatic heterocycles. The Morgan fingerprint density at radius 1 is 1.08 bits per heavy atom. The third-order valence-electron chi connectivity index (χ3n) is 3.75. The normalized spacial score (nSPS) is 14.7. The molecule has 0 saturated carbocycles. The van der Waals surface area contributed by atoms with E-state index in [-0.39, 0.29) is 11.3 Å². The van der Waals surface area contributed by atoms with Crippen molar-refractivity contribution in [1.82, 2.24) is 4.72 Å². The number of hydrogen-bond donors (Lipinski definition) is 2. The van der Waals surface area contributed by atoms with E-state index in [1.54, 1.807) is 12.1 Å². The van der Waals surface area contributed by atoms with Crippen LogP contribution in [0.25, 0.3) is 0 Å². The summed E-state index contributed by atoms with van der Waals surface area (Å²) in [5.74, 6) is 0.0960. The molecular formula is C17H18N2O5S. The van der Waals surface area contributed by atoms with Crippen molar-refractivity contribution in [2.24, 2.45) is 5.73 Å². The van der Waals surface area contributed by atoms with Gasteiger partial charge in [-0.2, -0.15) is 4.72 Å². The van der Waals surface area contributed by atoms with E-state index in [4.69, 9.17) is 15.2 Å². The van der Waals surface area contributed by atoms with E-state index in [0.29, 0.717) is 24.7 Å². The van der Waals surface area contributed by atoms with Crippen LogP contribution in [0.1, 0.15) is 5.56 Å². The maximum atomic E-state index is 12.6. The molecule has 2 aromatic rings. The summed E-state index contributed by atoms with van der Waals surface area (Å²) >= 11 is 0.